The van der Waals surface area contributed by atoms with Gasteiger partial charge in [-0.2, -0.15) is 4.98 Å². The topological polar surface area (TPSA) is 99.5 Å². The maximum atomic E-state index is 13.7. The molecule has 1 atom stereocenters. The molecule has 2 N–H and O–H groups in total. The molecule has 0 saturated carbocycles. The first kappa shape index (κ1) is 24.9. The van der Waals surface area contributed by atoms with E-state index in [2.05, 4.69) is 10.6 Å². The normalized spacial score (nSPS) is 14.4. The summed E-state index contributed by atoms with van der Waals surface area (Å²) in [5.41, 5.74) is 3.44. The average Bonchev–Trinajstić information content (AvgIpc) is 3.36. The van der Waals surface area contributed by atoms with Crippen LogP contribution >= 0.6 is 0 Å². The van der Waals surface area contributed by atoms with Crippen molar-refractivity contribution in [2.24, 2.45) is 0 Å². The van der Waals surface area contributed by atoms with Gasteiger partial charge in [0.1, 0.15) is 11.8 Å². The van der Waals surface area contributed by atoms with Crippen LogP contribution in [0.1, 0.15) is 25.5 Å². The predicted molar refractivity (Wildman–Crippen MR) is 146 cm³/mol. The number of benzene rings is 3. The molecule has 0 spiro atoms. The minimum atomic E-state index is -0.584. The lowest BCUT2D eigenvalue weighted by Crippen LogP contribution is -2.31. The average molecular weight is 512 g/mol. The number of hydrogen-bond donors (Lipinski definition) is 2. The molecular formula is C29H29N5O4. The van der Waals surface area contributed by atoms with Crippen LogP contribution < -0.4 is 24.8 Å². The van der Waals surface area contributed by atoms with Crippen LogP contribution in [0.2, 0.25) is 0 Å². The van der Waals surface area contributed by atoms with Gasteiger partial charge in [0.05, 0.1) is 26.4 Å². The van der Waals surface area contributed by atoms with Crippen molar-refractivity contribution in [1.82, 2.24) is 14.8 Å². The van der Waals surface area contributed by atoms with Crippen LogP contribution in [0.4, 0.5) is 11.6 Å². The first-order valence-electron chi connectivity index (χ1n) is 12.3. The minimum Gasteiger partial charge on any atom is -0.494 e. The first-order valence-corrected chi connectivity index (χ1v) is 12.3. The molecule has 0 aliphatic carbocycles. The molecular weight excluding hydrogens is 482 g/mol. The lowest BCUT2D eigenvalue weighted by molar-refractivity contribution is -0.113. The lowest BCUT2D eigenvalue weighted by atomic mass is 9.94. The van der Waals surface area contributed by atoms with Gasteiger partial charge in [-0.3, -0.25) is 4.79 Å². The Morgan fingerprint density at radius 1 is 0.974 bits per heavy atom. The zero-order valence-corrected chi connectivity index (χ0v) is 21.7. The van der Waals surface area contributed by atoms with Crippen molar-refractivity contribution in [3.05, 3.63) is 89.6 Å². The number of amides is 1. The highest BCUT2D eigenvalue weighted by Crippen LogP contribution is 2.41. The Kier molecular flexibility index (Phi) is 6.99. The van der Waals surface area contributed by atoms with Gasteiger partial charge >= 0.3 is 0 Å². The summed E-state index contributed by atoms with van der Waals surface area (Å²) in [4.78, 5) is 18.5. The molecule has 0 radical (unpaired) electrons. The second kappa shape index (κ2) is 10.7. The second-order valence-corrected chi connectivity index (χ2v) is 8.63. The van der Waals surface area contributed by atoms with E-state index in [1.807, 2.05) is 86.6 Å². The Balaban J connectivity index is 1.63. The summed E-state index contributed by atoms with van der Waals surface area (Å²) >= 11 is 0. The molecule has 0 saturated heterocycles. The zero-order chi connectivity index (χ0) is 26.6. The van der Waals surface area contributed by atoms with Gasteiger partial charge in [-0.1, -0.05) is 36.4 Å². The Morgan fingerprint density at radius 2 is 1.71 bits per heavy atom. The first-order chi connectivity index (χ1) is 18.5. The number of nitrogens with one attached hydrogen (secondary N) is 2. The summed E-state index contributed by atoms with van der Waals surface area (Å²) in [7, 11) is 3.17. The van der Waals surface area contributed by atoms with Crippen molar-refractivity contribution in [2.45, 2.75) is 19.9 Å². The third-order valence-corrected chi connectivity index (χ3v) is 6.28. The molecule has 1 aliphatic heterocycles. The number of methoxy groups -OCH3 is 2. The fourth-order valence-corrected chi connectivity index (χ4v) is 4.54. The summed E-state index contributed by atoms with van der Waals surface area (Å²) in [6, 6.07) is 22.0. The van der Waals surface area contributed by atoms with Crippen molar-refractivity contribution in [1.29, 1.82) is 0 Å². The number of hydrogen-bond acceptors (Lipinski definition) is 7. The molecule has 9 nitrogen and oxygen atoms in total. The van der Waals surface area contributed by atoms with Crippen LogP contribution in [-0.4, -0.2) is 41.5 Å². The summed E-state index contributed by atoms with van der Waals surface area (Å²) in [5, 5.41) is 11.2. The fourth-order valence-electron chi connectivity index (χ4n) is 4.54. The molecule has 4 aromatic rings. The van der Waals surface area contributed by atoms with Crippen molar-refractivity contribution in [3.8, 4) is 28.6 Å². The number of ether oxygens (including phenoxy) is 3. The number of carbonyl (C=O) groups is 1. The zero-order valence-electron chi connectivity index (χ0n) is 21.7. The van der Waals surface area contributed by atoms with Crippen LogP contribution in [-0.2, 0) is 4.79 Å². The smallest absolute Gasteiger partial charge is 0.255 e. The summed E-state index contributed by atoms with van der Waals surface area (Å²) < 4.78 is 18.5. The summed E-state index contributed by atoms with van der Waals surface area (Å²) in [5.74, 6) is 2.60. The Labute approximate surface area is 221 Å². The van der Waals surface area contributed by atoms with Gasteiger partial charge in [-0.25, -0.2) is 4.68 Å². The van der Waals surface area contributed by atoms with Gasteiger partial charge in [-0.05, 0) is 50.2 Å². The van der Waals surface area contributed by atoms with E-state index < -0.39 is 6.04 Å². The largest absolute Gasteiger partial charge is 0.494 e. The molecule has 1 unspecified atom stereocenters. The van der Waals surface area contributed by atoms with E-state index >= 15 is 0 Å². The van der Waals surface area contributed by atoms with Crippen molar-refractivity contribution in [3.63, 3.8) is 0 Å². The number of rotatable bonds is 8. The van der Waals surface area contributed by atoms with Crippen LogP contribution in [0.3, 0.4) is 0 Å². The summed E-state index contributed by atoms with van der Waals surface area (Å²) in [6.45, 7) is 4.28. The molecule has 3 aromatic carbocycles. The highest BCUT2D eigenvalue weighted by molar-refractivity contribution is 6.06. The molecule has 1 aromatic heterocycles. The van der Waals surface area contributed by atoms with E-state index in [1.54, 1.807) is 18.9 Å². The predicted octanol–water partition coefficient (Wildman–Crippen LogP) is 5.29. The van der Waals surface area contributed by atoms with Gasteiger partial charge in [-0.15, -0.1) is 5.10 Å². The maximum Gasteiger partial charge on any atom is 0.255 e. The van der Waals surface area contributed by atoms with Gasteiger partial charge in [0.2, 0.25) is 5.95 Å². The number of fused-ring (bicyclic) bond motifs is 1. The van der Waals surface area contributed by atoms with Gasteiger partial charge in [0.15, 0.2) is 17.3 Å². The van der Waals surface area contributed by atoms with E-state index in [1.165, 1.54) is 0 Å². The number of carbonyl (C=O) groups excluding carboxylic acids is 1. The van der Waals surface area contributed by atoms with Crippen molar-refractivity contribution in [2.75, 3.05) is 31.5 Å². The second-order valence-electron chi connectivity index (χ2n) is 8.63. The highest BCUT2D eigenvalue weighted by atomic mass is 16.5. The molecule has 38 heavy (non-hydrogen) atoms. The third kappa shape index (κ3) is 4.66. The number of allylic oxidation sites excluding steroid dienone is 1. The van der Waals surface area contributed by atoms with Gasteiger partial charge in [0, 0.05) is 22.5 Å². The number of para-hydroxylation sites is 2. The van der Waals surface area contributed by atoms with Crippen LogP contribution in [0, 0.1) is 0 Å². The molecule has 194 valence electrons. The molecule has 0 bridgehead atoms. The highest BCUT2D eigenvalue weighted by Gasteiger charge is 2.36. The van der Waals surface area contributed by atoms with Crippen LogP contribution in [0.5, 0.6) is 17.2 Å². The minimum absolute atomic E-state index is 0.244. The van der Waals surface area contributed by atoms with E-state index in [0.29, 0.717) is 52.6 Å². The molecule has 9 heteroatoms. The lowest BCUT2D eigenvalue weighted by Gasteiger charge is -2.29. The fraction of sp³-hybridized carbons (Fsp3) is 0.207. The van der Waals surface area contributed by atoms with Gasteiger partial charge < -0.3 is 24.8 Å². The molecule has 2 heterocycles. The standard InChI is InChI=1S/C29H29N5O4/c1-5-38-22-14-10-9-13-21(22)26-25(28(35)31-20-11-7-6-8-12-20)18(2)30-29-32-27(33-34(26)29)19-15-16-23(36-3)24(17-19)37-4/h6-17,26H,5H2,1-4H3,(H,31,35)(H,30,32,33). The van der Waals surface area contributed by atoms with Crippen molar-refractivity contribution >= 4 is 17.5 Å². The number of anilines is 2. The van der Waals surface area contributed by atoms with E-state index in [-0.39, 0.29) is 5.91 Å². The number of nitrogens with zero attached hydrogens (tertiary/aromatic N) is 3. The Bertz CT molecular complexity index is 1500. The monoisotopic (exact) mass is 511 g/mol. The Hall–Kier alpha value is -4.79. The van der Waals surface area contributed by atoms with Crippen LogP contribution in [0.25, 0.3) is 11.4 Å². The van der Waals surface area contributed by atoms with E-state index in [9.17, 15) is 4.79 Å². The third-order valence-electron chi connectivity index (χ3n) is 6.28. The maximum absolute atomic E-state index is 13.7. The molecule has 1 aliphatic rings. The summed E-state index contributed by atoms with van der Waals surface area (Å²) in [6.07, 6.45) is 0. The van der Waals surface area contributed by atoms with Crippen LogP contribution in [0.15, 0.2) is 84.1 Å². The molecule has 5 rings (SSSR count). The number of aromatic nitrogens is 3. The Morgan fingerprint density at radius 3 is 2.45 bits per heavy atom. The SMILES string of the molecule is CCOc1ccccc1C1C(C(=O)Nc2ccccc2)=C(C)Nc2nc(-c3ccc(OC)c(OC)c3)nn21. The van der Waals surface area contributed by atoms with Gasteiger partial charge in [0.25, 0.3) is 5.91 Å². The van der Waals surface area contributed by atoms with E-state index in [0.717, 1.165) is 11.1 Å². The van der Waals surface area contributed by atoms with E-state index in [4.69, 9.17) is 24.3 Å². The molecule has 1 amide bonds. The quantitative estimate of drug-likeness (QED) is 0.332. The van der Waals surface area contributed by atoms with Crippen molar-refractivity contribution < 1.29 is 19.0 Å². The molecule has 0 fully saturated rings.